The third kappa shape index (κ3) is 3.22. The standard InChI is InChI=1S/C21H27N5O2/c1-24-11-17(9-23-24)12-25-14-19(18-3-2-6-22-10-18)21(15-25)20(27)26(7-8-28-21)13-16-4-5-16/h2-3,6,9-11,16,19H,4-5,7-8,12-15H2,1H3/t19-,21-/m1/s1. The average Bonchev–Trinajstić information content (AvgIpc) is 3.32. The van der Waals surface area contributed by atoms with E-state index in [2.05, 4.69) is 25.9 Å². The van der Waals surface area contributed by atoms with Crippen LogP contribution in [0.15, 0.2) is 36.9 Å². The van der Waals surface area contributed by atoms with E-state index in [1.165, 1.54) is 12.8 Å². The highest BCUT2D eigenvalue weighted by molar-refractivity contribution is 5.88. The smallest absolute Gasteiger partial charge is 0.256 e. The zero-order valence-corrected chi connectivity index (χ0v) is 16.3. The number of amides is 1. The van der Waals surface area contributed by atoms with E-state index < -0.39 is 5.60 Å². The molecule has 1 amide bonds. The van der Waals surface area contributed by atoms with Crippen LogP contribution in [0.4, 0.5) is 0 Å². The van der Waals surface area contributed by atoms with Crippen molar-refractivity contribution in [2.45, 2.75) is 30.9 Å². The lowest BCUT2D eigenvalue weighted by Crippen LogP contribution is -2.60. The van der Waals surface area contributed by atoms with Gasteiger partial charge in [0, 0.05) is 69.8 Å². The first-order valence-corrected chi connectivity index (χ1v) is 10.2. The van der Waals surface area contributed by atoms with Crippen LogP contribution in [-0.2, 0) is 23.1 Å². The minimum absolute atomic E-state index is 0.00706. The summed E-state index contributed by atoms with van der Waals surface area (Å²) in [5.74, 6) is 0.837. The Kier molecular flexibility index (Phi) is 4.44. The quantitative estimate of drug-likeness (QED) is 0.784. The molecule has 1 aliphatic carbocycles. The zero-order valence-electron chi connectivity index (χ0n) is 16.3. The van der Waals surface area contributed by atoms with Gasteiger partial charge in [0.2, 0.25) is 0 Å². The fraction of sp³-hybridized carbons (Fsp3) is 0.571. The summed E-state index contributed by atoms with van der Waals surface area (Å²) in [6.07, 6.45) is 10.1. The predicted molar refractivity (Wildman–Crippen MR) is 103 cm³/mol. The van der Waals surface area contributed by atoms with Crippen molar-refractivity contribution in [3.8, 4) is 0 Å². The topological polar surface area (TPSA) is 63.5 Å². The summed E-state index contributed by atoms with van der Waals surface area (Å²) in [6, 6.07) is 4.02. The van der Waals surface area contributed by atoms with Crippen molar-refractivity contribution >= 4 is 5.91 Å². The highest BCUT2D eigenvalue weighted by atomic mass is 16.5. The van der Waals surface area contributed by atoms with Crippen LogP contribution in [0.25, 0.3) is 0 Å². The van der Waals surface area contributed by atoms with E-state index >= 15 is 0 Å². The van der Waals surface area contributed by atoms with Crippen LogP contribution < -0.4 is 0 Å². The van der Waals surface area contributed by atoms with Gasteiger partial charge in [-0.15, -0.1) is 0 Å². The van der Waals surface area contributed by atoms with Crippen molar-refractivity contribution in [2.75, 3.05) is 32.8 Å². The molecule has 1 saturated carbocycles. The fourth-order valence-corrected chi connectivity index (χ4v) is 4.72. The van der Waals surface area contributed by atoms with Crippen LogP contribution in [0.3, 0.4) is 0 Å². The maximum atomic E-state index is 13.6. The van der Waals surface area contributed by atoms with Crippen molar-refractivity contribution in [1.29, 1.82) is 0 Å². The first kappa shape index (κ1) is 17.8. The van der Waals surface area contributed by atoms with Crippen molar-refractivity contribution in [2.24, 2.45) is 13.0 Å². The van der Waals surface area contributed by atoms with E-state index in [1.807, 2.05) is 36.4 Å². The molecule has 3 aliphatic rings. The number of hydrogen-bond donors (Lipinski definition) is 0. The molecule has 0 radical (unpaired) electrons. The lowest BCUT2D eigenvalue weighted by atomic mass is 9.83. The van der Waals surface area contributed by atoms with Gasteiger partial charge in [-0.05, 0) is 30.4 Å². The van der Waals surface area contributed by atoms with Crippen LogP contribution >= 0.6 is 0 Å². The van der Waals surface area contributed by atoms with E-state index in [0.29, 0.717) is 25.6 Å². The van der Waals surface area contributed by atoms with Crippen molar-refractivity contribution < 1.29 is 9.53 Å². The number of nitrogens with zero attached hydrogens (tertiary/aromatic N) is 5. The normalized spacial score (nSPS) is 28.4. The molecule has 0 N–H and O–H groups in total. The zero-order chi connectivity index (χ0) is 19.1. The third-order valence-electron chi connectivity index (χ3n) is 6.26. The molecule has 0 unspecified atom stereocenters. The van der Waals surface area contributed by atoms with Crippen molar-refractivity contribution in [1.82, 2.24) is 24.6 Å². The maximum absolute atomic E-state index is 13.6. The average molecular weight is 381 g/mol. The summed E-state index contributed by atoms with van der Waals surface area (Å²) in [4.78, 5) is 22.3. The number of carbonyl (C=O) groups is 1. The van der Waals surface area contributed by atoms with Gasteiger partial charge in [-0.1, -0.05) is 6.07 Å². The number of pyridine rings is 1. The molecule has 2 aromatic rings. The molecule has 4 heterocycles. The lowest BCUT2D eigenvalue weighted by molar-refractivity contribution is -0.172. The molecule has 2 aliphatic heterocycles. The Hall–Kier alpha value is -2.25. The van der Waals surface area contributed by atoms with Gasteiger partial charge in [-0.2, -0.15) is 5.10 Å². The monoisotopic (exact) mass is 381 g/mol. The van der Waals surface area contributed by atoms with E-state index in [-0.39, 0.29) is 11.8 Å². The number of aryl methyl sites for hydroxylation is 1. The summed E-state index contributed by atoms with van der Waals surface area (Å²) in [6.45, 7) is 4.36. The highest BCUT2D eigenvalue weighted by Gasteiger charge is 2.57. The second-order valence-corrected chi connectivity index (χ2v) is 8.46. The van der Waals surface area contributed by atoms with E-state index in [9.17, 15) is 4.79 Å². The van der Waals surface area contributed by atoms with E-state index in [0.717, 1.165) is 30.8 Å². The number of rotatable bonds is 5. The first-order valence-electron chi connectivity index (χ1n) is 10.2. The Bertz CT molecular complexity index is 849. The Morgan fingerprint density at radius 3 is 2.93 bits per heavy atom. The second kappa shape index (κ2) is 6.97. The van der Waals surface area contributed by atoms with Gasteiger partial charge in [0.1, 0.15) is 0 Å². The maximum Gasteiger partial charge on any atom is 0.256 e. The summed E-state index contributed by atoms with van der Waals surface area (Å²) in [5.41, 5.74) is 1.43. The molecular weight excluding hydrogens is 354 g/mol. The largest absolute Gasteiger partial charge is 0.361 e. The summed E-state index contributed by atoms with van der Waals surface area (Å²) in [5, 5.41) is 4.28. The Labute approximate surface area is 165 Å². The third-order valence-corrected chi connectivity index (χ3v) is 6.26. The minimum Gasteiger partial charge on any atom is -0.361 e. The van der Waals surface area contributed by atoms with Gasteiger partial charge in [0.25, 0.3) is 5.91 Å². The SMILES string of the molecule is Cn1cc(CN2C[C@H](c3cccnc3)[C@@]3(C2)OCCN(CC2CC2)C3=O)cn1. The Morgan fingerprint density at radius 1 is 1.32 bits per heavy atom. The molecule has 7 heteroatoms. The molecule has 2 atom stereocenters. The fourth-order valence-electron chi connectivity index (χ4n) is 4.72. The lowest BCUT2D eigenvalue weighted by Gasteiger charge is -2.42. The molecule has 0 bridgehead atoms. The van der Waals surface area contributed by atoms with Crippen LogP contribution in [0.2, 0.25) is 0 Å². The van der Waals surface area contributed by atoms with Crippen LogP contribution in [-0.4, -0.2) is 68.9 Å². The number of carbonyl (C=O) groups excluding carboxylic acids is 1. The number of likely N-dealkylation sites (tertiary alicyclic amines) is 1. The van der Waals surface area contributed by atoms with Gasteiger partial charge < -0.3 is 9.64 Å². The van der Waals surface area contributed by atoms with Gasteiger partial charge in [-0.3, -0.25) is 19.4 Å². The molecule has 7 nitrogen and oxygen atoms in total. The minimum atomic E-state index is -0.807. The molecule has 3 fully saturated rings. The molecule has 2 aromatic heterocycles. The van der Waals surface area contributed by atoms with Gasteiger partial charge >= 0.3 is 0 Å². The first-order chi connectivity index (χ1) is 13.6. The van der Waals surface area contributed by atoms with Crippen molar-refractivity contribution in [3.63, 3.8) is 0 Å². The Balaban J connectivity index is 1.44. The van der Waals surface area contributed by atoms with Crippen LogP contribution in [0.1, 0.15) is 29.9 Å². The number of morpholine rings is 1. The van der Waals surface area contributed by atoms with E-state index in [1.54, 1.807) is 6.20 Å². The van der Waals surface area contributed by atoms with Gasteiger partial charge in [-0.25, -0.2) is 0 Å². The summed E-state index contributed by atoms with van der Waals surface area (Å²) >= 11 is 0. The van der Waals surface area contributed by atoms with Crippen LogP contribution in [0, 0.1) is 5.92 Å². The second-order valence-electron chi connectivity index (χ2n) is 8.46. The van der Waals surface area contributed by atoms with Gasteiger partial charge in [0.15, 0.2) is 5.60 Å². The van der Waals surface area contributed by atoms with E-state index in [4.69, 9.17) is 4.74 Å². The summed E-state index contributed by atoms with van der Waals surface area (Å²) < 4.78 is 8.15. The van der Waals surface area contributed by atoms with Gasteiger partial charge in [0.05, 0.1) is 12.8 Å². The molecule has 0 aromatic carbocycles. The molecule has 148 valence electrons. The number of hydrogen-bond acceptors (Lipinski definition) is 5. The van der Waals surface area contributed by atoms with Crippen LogP contribution in [0.5, 0.6) is 0 Å². The predicted octanol–water partition coefficient (Wildman–Crippen LogP) is 1.42. The van der Waals surface area contributed by atoms with Crippen molar-refractivity contribution in [3.05, 3.63) is 48.0 Å². The number of aromatic nitrogens is 3. The molecular formula is C21H27N5O2. The highest BCUT2D eigenvalue weighted by Crippen LogP contribution is 2.43. The summed E-state index contributed by atoms with van der Waals surface area (Å²) in [7, 11) is 1.93. The molecule has 2 saturated heterocycles. The number of ether oxygens (including phenoxy) is 1. The molecule has 1 spiro atoms. The Morgan fingerprint density at radius 2 is 2.21 bits per heavy atom. The molecule has 28 heavy (non-hydrogen) atoms. The molecule has 5 rings (SSSR count).